The van der Waals surface area contributed by atoms with E-state index in [2.05, 4.69) is 10.6 Å². The summed E-state index contributed by atoms with van der Waals surface area (Å²) in [4.78, 5) is 29.7. The Morgan fingerprint density at radius 2 is 1.87 bits per heavy atom. The Morgan fingerprint density at radius 1 is 1.13 bits per heavy atom. The molecule has 8 nitrogen and oxygen atoms in total. The second-order valence-corrected chi connectivity index (χ2v) is 7.06. The number of fused-ring (bicyclic) bond motifs is 1. The fourth-order valence-corrected chi connectivity index (χ4v) is 3.34. The largest absolute Gasteiger partial charge is 0.383 e. The van der Waals surface area contributed by atoms with Gasteiger partial charge in [-0.05, 0) is 19.1 Å². The van der Waals surface area contributed by atoms with Crippen molar-refractivity contribution in [3.63, 3.8) is 0 Å². The van der Waals surface area contributed by atoms with Gasteiger partial charge in [0.15, 0.2) is 0 Å². The molecule has 158 valence electrons. The zero-order valence-corrected chi connectivity index (χ0v) is 17.6. The number of nitrogens with one attached hydrogen (secondary N) is 2. The molecule has 0 fully saturated rings. The SMILES string of the molecule is COCC(=O)Nc1cc(C(=O)NC(C)COC)cc2nc(-c3ccccc3)n(C)c12. The third kappa shape index (κ3) is 4.67. The first-order valence-electron chi connectivity index (χ1n) is 9.59. The fourth-order valence-electron chi connectivity index (χ4n) is 3.34. The average molecular weight is 410 g/mol. The maximum absolute atomic E-state index is 12.8. The summed E-state index contributed by atoms with van der Waals surface area (Å²) in [6.45, 7) is 2.16. The number of rotatable bonds is 8. The van der Waals surface area contributed by atoms with Crippen molar-refractivity contribution in [1.82, 2.24) is 14.9 Å². The van der Waals surface area contributed by atoms with Crippen LogP contribution in [0.4, 0.5) is 5.69 Å². The summed E-state index contributed by atoms with van der Waals surface area (Å²) in [7, 11) is 4.91. The van der Waals surface area contributed by atoms with Crippen molar-refractivity contribution < 1.29 is 19.1 Å². The molecule has 1 aromatic heterocycles. The summed E-state index contributed by atoms with van der Waals surface area (Å²) in [6.07, 6.45) is 0. The molecule has 0 radical (unpaired) electrons. The zero-order valence-electron chi connectivity index (χ0n) is 17.6. The Kier molecular flexibility index (Phi) is 6.81. The number of benzene rings is 2. The Morgan fingerprint density at radius 3 is 2.53 bits per heavy atom. The van der Waals surface area contributed by atoms with Crippen LogP contribution in [-0.2, 0) is 21.3 Å². The van der Waals surface area contributed by atoms with Crippen molar-refractivity contribution >= 4 is 28.5 Å². The molecule has 2 aromatic carbocycles. The summed E-state index contributed by atoms with van der Waals surface area (Å²) in [5, 5.41) is 5.72. The second-order valence-electron chi connectivity index (χ2n) is 7.06. The highest BCUT2D eigenvalue weighted by Crippen LogP contribution is 2.30. The van der Waals surface area contributed by atoms with Crippen molar-refractivity contribution in [3.05, 3.63) is 48.0 Å². The predicted molar refractivity (Wildman–Crippen MR) is 115 cm³/mol. The molecule has 2 N–H and O–H groups in total. The van der Waals surface area contributed by atoms with Crippen molar-refractivity contribution in [3.8, 4) is 11.4 Å². The monoisotopic (exact) mass is 410 g/mol. The molecule has 0 aliphatic heterocycles. The molecular weight excluding hydrogens is 384 g/mol. The number of hydrogen-bond donors (Lipinski definition) is 2. The molecule has 8 heteroatoms. The van der Waals surface area contributed by atoms with Gasteiger partial charge in [-0.15, -0.1) is 0 Å². The van der Waals surface area contributed by atoms with Gasteiger partial charge in [0.1, 0.15) is 12.4 Å². The average Bonchev–Trinajstić information content (AvgIpc) is 3.05. The van der Waals surface area contributed by atoms with E-state index in [9.17, 15) is 9.59 Å². The number of ether oxygens (including phenoxy) is 2. The van der Waals surface area contributed by atoms with Gasteiger partial charge in [-0.3, -0.25) is 9.59 Å². The molecule has 2 amide bonds. The van der Waals surface area contributed by atoms with Gasteiger partial charge in [0, 0.05) is 38.4 Å². The molecule has 3 aromatic rings. The Labute approximate surface area is 175 Å². The Balaban J connectivity index is 2.09. The molecule has 1 unspecified atom stereocenters. The maximum Gasteiger partial charge on any atom is 0.251 e. The number of carbonyl (C=O) groups is 2. The van der Waals surface area contributed by atoms with Crippen molar-refractivity contribution in [2.45, 2.75) is 13.0 Å². The number of nitrogens with zero attached hydrogens (tertiary/aromatic N) is 2. The molecule has 0 spiro atoms. The lowest BCUT2D eigenvalue weighted by Crippen LogP contribution is -2.35. The van der Waals surface area contributed by atoms with E-state index in [0.717, 1.165) is 16.9 Å². The first kappa shape index (κ1) is 21.5. The van der Waals surface area contributed by atoms with Crippen LogP contribution in [0.1, 0.15) is 17.3 Å². The predicted octanol–water partition coefficient (Wildman–Crippen LogP) is 2.59. The minimum atomic E-state index is -0.313. The number of hydrogen-bond acceptors (Lipinski definition) is 5. The third-order valence-corrected chi connectivity index (χ3v) is 4.61. The summed E-state index contributed by atoms with van der Waals surface area (Å²) >= 11 is 0. The Hall–Kier alpha value is -3.23. The van der Waals surface area contributed by atoms with Gasteiger partial charge in [-0.2, -0.15) is 0 Å². The molecule has 0 aliphatic rings. The highest BCUT2D eigenvalue weighted by atomic mass is 16.5. The van der Waals surface area contributed by atoms with Crippen LogP contribution in [0.15, 0.2) is 42.5 Å². The standard InChI is InChI=1S/C22H26N4O4/c1-14(12-29-3)23-22(28)16-10-17(24-19(27)13-30-4)20-18(11-16)25-21(26(20)2)15-8-6-5-7-9-15/h5-11,14H,12-13H2,1-4H3,(H,23,28)(H,24,27). The number of aryl methyl sites for hydroxylation is 1. The maximum atomic E-state index is 12.8. The first-order chi connectivity index (χ1) is 14.4. The van der Waals surface area contributed by atoms with Gasteiger partial charge in [-0.1, -0.05) is 30.3 Å². The van der Waals surface area contributed by atoms with E-state index >= 15 is 0 Å². The first-order valence-corrected chi connectivity index (χ1v) is 9.59. The smallest absolute Gasteiger partial charge is 0.251 e. The number of anilines is 1. The zero-order chi connectivity index (χ0) is 21.7. The van der Waals surface area contributed by atoms with Gasteiger partial charge in [0.2, 0.25) is 5.91 Å². The van der Waals surface area contributed by atoms with Crippen LogP contribution in [0.2, 0.25) is 0 Å². The highest BCUT2D eigenvalue weighted by Gasteiger charge is 2.19. The fraction of sp³-hybridized carbons (Fsp3) is 0.318. The van der Waals surface area contributed by atoms with Gasteiger partial charge in [-0.25, -0.2) is 4.98 Å². The van der Waals surface area contributed by atoms with Gasteiger partial charge < -0.3 is 24.7 Å². The van der Waals surface area contributed by atoms with E-state index in [1.54, 1.807) is 19.2 Å². The molecule has 0 bridgehead atoms. The van der Waals surface area contributed by atoms with Crippen molar-refractivity contribution in [1.29, 1.82) is 0 Å². The van der Waals surface area contributed by atoms with Crippen LogP contribution >= 0.6 is 0 Å². The quantitative estimate of drug-likeness (QED) is 0.595. The van der Waals surface area contributed by atoms with Gasteiger partial charge in [0.25, 0.3) is 5.91 Å². The lowest BCUT2D eigenvalue weighted by atomic mass is 10.1. The number of aromatic nitrogens is 2. The van der Waals surface area contributed by atoms with Crippen molar-refractivity contribution in [2.75, 3.05) is 32.8 Å². The third-order valence-electron chi connectivity index (χ3n) is 4.61. The second kappa shape index (κ2) is 9.51. The minimum absolute atomic E-state index is 0.0911. The van der Waals surface area contributed by atoms with Gasteiger partial charge in [0.05, 0.1) is 23.3 Å². The normalized spacial score (nSPS) is 12.0. The molecule has 30 heavy (non-hydrogen) atoms. The van der Waals surface area contributed by atoms with E-state index in [1.165, 1.54) is 7.11 Å². The molecule has 1 atom stereocenters. The van der Waals surface area contributed by atoms with Crippen LogP contribution in [-0.4, -0.2) is 54.8 Å². The Bertz CT molecular complexity index is 1050. The number of amides is 2. The number of methoxy groups -OCH3 is 2. The minimum Gasteiger partial charge on any atom is -0.383 e. The van der Waals surface area contributed by atoms with E-state index < -0.39 is 0 Å². The van der Waals surface area contributed by atoms with E-state index in [1.807, 2.05) is 48.9 Å². The van der Waals surface area contributed by atoms with E-state index in [4.69, 9.17) is 14.5 Å². The molecular formula is C22H26N4O4. The van der Waals surface area contributed by atoms with E-state index in [-0.39, 0.29) is 24.5 Å². The number of carbonyl (C=O) groups excluding carboxylic acids is 2. The summed E-state index contributed by atoms with van der Waals surface area (Å²) in [5.41, 5.74) is 3.16. The molecule has 0 saturated heterocycles. The summed E-state index contributed by atoms with van der Waals surface area (Å²) in [6, 6.07) is 13.0. The lowest BCUT2D eigenvalue weighted by Gasteiger charge is -2.14. The molecule has 1 heterocycles. The van der Waals surface area contributed by atoms with Crippen LogP contribution < -0.4 is 10.6 Å². The lowest BCUT2D eigenvalue weighted by molar-refractivity contribution is -0.119. The summed E-state index contributed by atoms with van der Waals surface area (Å²) in [5.74, 6) is 0.153. The highest BCUT2D eigenvalue weighted by molar-refractivity contribution is 6.06. The molecule has 0 saturated carbocycles. The molecule has 3 rings (SSSR count). The van der Waals surface area contributed by atoms with Gasteiger partial charge >= 0.3 is 0 Å². The van der Waals surface area contributed by atoms with Crippen molar-refractivity contribution in [2.24, 2.45) is 7.05 Å². The van der Waals surface area contributed by atoms with Crippen LogP contribution in [0, 0.1) is 0 Å². The van der Waals surface area contributed by atoms with Crippen LogP contribution in [0.5, 0.6) is 0 Å². The summed E-state index contributed by atoms with van der Waals surface area (Å²) < 4.78 is 11.9. The topological polar surface area (TPSA) is 94.5 Å². The number of imidazole rings is 1. The molecule has 0 aliphatic carbocycles. The van der Waals surface area contributed by atoms with Crippen LogP contribution in [0.25, 0.3) is 22.4 Å². The van der Waals surface area contributed by atoms with E-state index in [0.29, 0.717) is 23.4 Å². The van der Waals surface area contributed by atoms with Crippen LogP contribution in [0.3, 0.4) is 0 Å².